The zero-order chi connectivity index (χ0) is 25.1. The lowest BCUT2D eigenvalue weighted by Gasteiger charge is -2.29. The van der Waals surface area contributed by atoms with E-state index in [2.05, 4.69) is 10.6 Å². The SMILES string of the molecule is CC=Cc1ccc(C(NC(CS(=O)(=O)CC(C)(C)C)C(=O)NC2(C#N)CC2)C(F)(F)F)cc1. The van der Waals surface area contributed by atoms with E-state index in [1.165, 1.54) is 24.3 Å². The number of sulfone groups is 1. The van der Waals surface area contributed by atoms with Crippen LogP contribution in [-0.2, 0) is 14.6 Å². The van der Waals surface area contributed by atoms with Crippen LogP contribution in [0.5, 0.6) is 0 Å². The van der Waals surface area contributed by atoms with Gasteiger partial charge in [-0.25, -0.2) is 8.42 Å². The van der Waals surface area contributed by atoms with Gasteiger partial charge in [-0.3, -0.25) is 10.1 Å². The first-order valence-corrected chi connectivity index (χ1v) is 12.4. The Labute approximate surface area is 193 Å². The van der Waals surface area contributed by atoms with E-state index in [9.17, 15) is 31.6 Å². The third-order valence-electron chi connectivity index (χ3n) is 5.04. The molecule has 1 aliphatic carbocycles. The predicted molar refractivity (Wildman–Crippen MR) is 121 cm³/mol. The number of carbonyl (C=O) groups is 1. The summed E-state index contributed by atoms with van der Waals surface area (Å²) in [5, 5.41) is 13.9. The second-order valence-corrected chi connectivity index (χ2v) is 11.8. The van der Waals surface area contributed by atoms with Crippen molar-refractivity contribution in [3.05, 3.63) is 41.5 Å². The molecule has 0 saturated heterocycles. The third kappa shape index (κ3) is 8.16. The van der Waals surface area contributed by atoms with Gasteiger partial charge in [0.25, 0.3) is 0 Å². The molecule has 1 aromatic carbocycles. The largest absolute Gasteiger partial charge is 0.407 e. The second kappa shape index (κ2) is 9.85. The van der Waals surface area contributed by atoms with Crippen molar-refractivity contribution >= 4 is 21.8 Å². The normalized spacial score (nSPS) is 17.9. The first-order valence-electron chi connectivity index (χ1n) is 10.6. The first-order chi connectivity index (χ1) is 15.1. The van der Waals surface area contributed by atoms with Gasteiger partial charge in [-0.15, -0.1) is 0 Å². The van der Waals surface area contributed by atoms with Crippen molar-refractivity contribution in [2.24, 2.45) is 5.41 Å². The minimum Gasteiger partial charge on any atom is -0.336 e. The Balaban J connectivity index is 2.38. The third-order valence-corrected chi connectivity index (χ3v) is 7.19. The van der Waals surface area contributed by atoms with Crippen LogP contribution < -0.4 is 10.6 Å². The van der Waals surface area contributed by atoms with E-state index in [1.54, 1.807) is 39.8 Å². The maximum atomic E-state index is 14.0. The van der Waals surface area contributed by atoms with E-state index in [0.717, 1.165) is 0 Å². The molecule has 10 heteroatoms. The monoisotopic (exact) mass is 485 g/mol. The minimum absolute atomic E-state index is 0.150. The number of hydrogen-bond donors (Lipinski definition) is 2. The Hall–Kier alpha value is -2.38. The van der Waals surface area contributed by atoms with E-state index in [0.29, 0.717) is 18.4 Å². The summed E-state index contributed by atoms with van der Waals surface area (Å²) in [6.45, 7) is 6.84. The maximum absolute atomic E-state index is 14.0. The number of hydrogen-bond acceptors (Lipinski definition) is 5. The molecule has 2 unspecified atom stereocenters. The van der Waals surface area contributed by atoms with Gasteiger partial charge in [-0.1, -0.05) is 57.2 Å². The highest BCUT2D eigenvalue weighted by atomic mass is 32.2. The molecule has 182 valence electrons. The number of carbonyl (C=O) groups excluding carboxylic acids is 1. The highest BCUT2D eigenvalue weighted by molar-refractivity contribution is 7.91. The molecule has 2 rings (SSSR count). The molecule has 1 aliphatic rings. The van der Waals surface area contributed by atoms with Crippen LogP contribution in [0.4, 0.5) is 13.2 Å². The molecule has 1 amide bonds. The lowest BCUT2D eigenvalue weighted by Crippen LogP contribution is -2.54. The van der Waals surface area contributed by atoms with Gasteiger partial charge in [0, 0.05) is 0 Å². The second-order valence-electron chi connectivity index (χ2n) is 9.66. The molecule has 1 fully saturated rings. The molecule has 2 N–H and O–H groups in total. The van der Waals surface area contributed by atoms with Gasteiger partial charge in [0.1, 0.15) is 17.6 Å². The first kappa shape index (κ1) is 26.9. The highest BCUT2D eigenvalue weighted by Gasteiger charge is 2.48. The summed E-state index contributed by atoms with van der Waals surface area (Å²) in [6.07, 6.45) is -0.581. The molecule has 0 bridgehead atoms. The Morgan fingerprint density at radius 3 is 2.21 bits per heavy atom. The molecule has 0 aromatic heterocycles. The summed E-state index contributed by atoms with van der Waals surface area (Å²) in [7, 11) is -3.90. The number of halogens is 3. The fraction of sp³-hybridized carbons (Fsp3) is 0.565. The zero-order valence-electron chi connectivity index (χ0n) is 19.2. The van der Waals surface area contributed by atoms with Crippen molar-refractivity contribution in [3.8, 4) is 6.07 Å². The average Bonchev–Trinajstić information content (AvgIpc) is 3.43. The van der Waals surface area contributed by atoms with E-state index < -0.39 is 50.7 Å². The standard InChI is InChI=1S/C23H30F3N3O3S/c1-5-6-16-7-9-17(10-8-16)19(23(24,25)26)28-18(13-33(31,32)15-21(2,3)4)20(30)29-22(14-27)11-12-22/h5-10,18-19,28H,11-13,15H2,1-4H3,(H,29,30). The van der Waals surface area contributed by atoms with Crippen molar-refractivity contribution in [2.45, 2.75) is 64.3 Å². The van der Waals surface area contributed by atoms with Crippen molar-refractivity contribution in [3.63, 3.8) is 0 Å². The van der Waals surface area contributed by atoms with Crippen LogP contribution in [-0.4, -0.2) is 43.6 Å². The smallest absolute Gasteiger partial charge is 0.336 e. The van der Waals surface area contributed by atoms with Crippen molar-refractivity contribution < 1.29 is 26.4 Å². The fourth-order valence-electron chi connectivity index (χ4n) is 3.46. The molecule has 0 heterocycles. The molecular weight excluding hydrogens is 455 g/mol. The molecule has 1 saturated carbocycles. The number of nitrogens with zero attached hydrogens (tertiary/aromatic N) is 1. The maximum Gasteiger partial charge on any atom is 0.407 e. The zero-order valence-corrected chi connectivity index (χ0v) is 20.0. The van der Waals surface area contributed by atoms with Gasteiger partial charge in [0.15, 0.2) is 9.84 Å². The Morgan fingerprint density at radius 1 is 1.21 bits per heavy atom. The number of allylic oxidation sites excluding steroid dienone is 1. The van der Waals surface area contributed by atoms with E-state index in [4.69, 9.17) is 0 Å². The molecular formula is C23H30F3N3O3S. The molecule has 0 radical (unpaired) electrons. The van der Waals surface area contributed by atoms with E-state index in [-0.39, 0.29) is 11.3 Å². The lowest BCUT2D eigenvalue weighted by atomic mass is 10.0. The van der Waals surface area contributed by atoms with Crippen molar-refractivity contribution in [1.29, 1.82) is 5.26 Å². The molecule has 33 heavy (non-hydrogen) atoms. The number of nitrogens with one attached hydrogen (secondary N) is 2. The van der Waals surface area contributed by atoms with Crippen LogP contribution in [0.2, 0.25) is 0 Å². The van der Waals surface area contributed by atoms with Crippen LogP contribution >= 0.6 is 0 Å². The summed E-state index contributed by atoms with van der Waals surface area (Å²) in [5.74, 6) is -2.06. The lowest BCUT2D eigenvalue weighted by molar-refractivity contribution is -0.160. The topological polar surface area (TPSA) is 99.1 Å². The Morgan fingerprint density at radius 2 is 1.79 bits per heavy atom. The van der Waals surface area contributed by atoms with Gasteiger partial charge >= 0.3 is 6.18 Å². The quantitative estimate of drug-likeness (QED) is 0.553. The van der Waals surface area contributed by atoms with Crippen LogP contribution in [0.15, 0.2) is 30.3 Å². The fourth-order valence-corrected chi connectivity index (χ4v) is 5.65. The van der Waals surface area contributed by atoms with Gasteiger partial charge in [-0.2, -0.15) is 18.4 Å². The average molecular weight is 486 g/mol. The Kier molecular flexibility index (Phi) is 8.02. The number of rotatable bonds is 9. The molecule has 0 spiro atoms. The summed E-state index contributed by atoms with van der Waals surface area (Å²) in [6, 6.07) is 3.57. The van der Waals surface area contributed by atoms with Crippen LogP contribution in [0.1, 0.15) is 57.7 Å². The van der Waals surface area contributed by atoms with Gasteiger partial charge < -0.3 is 5.32 Å². The van der Waals surface area contributed by atoms with Gasteiger partial charge in [0.05, 0.1) is 17.6 Å². The summed E-state index contributed by atoms with van der Waals surface area (Å²) in [4.78, 5) is 12.9. The van der Waals surface area contributed by atoms with Gasteiger partial charge in [0.2, 0.25) is 5.91 Å². The van der Waals surface area contributed by atoms with E-state index >= 15 is 0 Å². The Bertz CT molecular complexity index is 1020. The molecule has 1 aromatic rings. The molecule has 6 nitrogen and oxygen atoms in total. The van der Waals surface area contributed by atoms with Crippen LogP contribution in [0, 0.1) is 16.7 Å². The van der Waals surface area contributed by atoms with Crippen LogP contribution in [0.25, 0.3) is 6.08 Å². The number of benzene rings is 1. The molecule has 0 aliphatic heterocycles. The van der Waals surface area contributed by atoms with Crippen molar-refractivity contribution in [1.82, 2.24) is 10.6 Å². The minimum atomic E-state index is -4.79. The van der Waals surface area contributed by atoms with Crippen molar-refractivity contribution in [2.75, 3.05) is 11.5 Å². The summed E-state index contributed by atoms with van der Waals surface area (Å²) in [5.41, 5.74) is -1.24. The predicted octanol–water partition coefficient (Wildman–Crippen LogP) is 3.91. The van der Waals surface area contributed by atoms with E-state index in [1.807, 2.05) is 6.07 Å². The summed E-state index contributed by atoms with van der Waals surface area (Å²) >= 11 is 0. The summed E-state index contributed by atoms with van der Waals surface area (Å²) < 4.78 is 67.4. The number of alkyl halides is 3. The highest BCUT2D eigenvalue weighted by Crippen LogP contribution is 2.36. The number of nitriles is 1. The van der Waals surface area contributed by atoms with Gasteiger partial charge in [-0.05, 0) is 36.3 Å². The van der Waals surface area contributed by atoms with Crippen LogP contribution in [0.3, 0.4) is 0 Å². The number of amides is 1. The molecule has 2 atom stereocenters.